The fourth-order valence-corrected chi connectivity index (χ4v) is 7.25. The maximum Gasteiger partial charge on any atom is 0.282 e. The Morgan fingerprint density at radius 1 is 0.795 bits per heavy atom. The van der Waals surface area contributed by atoms with E-state index in [-0.39, 0.29) is 16.9 Å². The molecule has 4 aromatic carbocycles. The molecule has 0 unspecified atom stereocenters. The Bertz CT molecular complexity index is 1580. The molecule has 2 amide bonds. The third-order valence-electron chi connectivity index (χ3n) is 6.24. The van der Waals surface area contributed by atoms with Crippen LogP contribution < -0.4 is 15.2 Å². The second-order valence-electron chi connectivity index (χ2n) is 9.02. The molecule has 1 fully saturated rings. The number of nitrogens with one attached hydrogen (secondary N) is 1. The van der Waals surface area contributed by atoms with Gasteiger partial charge >= 0.3 is 0 Å². The average Bonchev–Trinajstić information content (AvgIpc) is 3.48. The topological polar surface area (TPSA) is 65.0 Å². The lowest BCUT2D eigenvalue weighted by Gasteiger charge is -2.38. The number of para-hydroxylation sites is 3. The first kappa shape index (κ1) is 25.0. The number of aryl methyl sites for hydroxylation is 1. The van der Waals surface area contributed by atoms with Crippen molar-refractivity contribution in [1.29, 1.82) is 0 Å². The van der Waals surface area contributed by atoms with Crippen LogP contribution in [0.25, 0.3) is 6.08 Å². The highest BCUT2D eigenvalue weighted by Crippen LogP contribution is 2.59. The molecule has 6 nitrogen and oxygen atoms in total. The van der Waals surface area contributed by atoms with Gasteiger partial charge in [-0.15, -0.1) is 0 Å². The van der Waals surface area contributed by atoms with Crippen LogP contribution in [-0.4, -0.2) is 21.2 Å². The van der Waals surface area contributed by atoms with E-state index in [0.717, 1.165) is 22.5 Å². The van der Waals surface area contributed by atoms with Crippen LogP contribution in [0.15, 0.2) is 125 Å². The largest absolute Gasteiger partial charge is 0.320 e. The number of nitrogens with zero attached hydrogens (tertiary/aromatic N) is 3. The molecule has 6 rings (SSSR count). The molecule has 2 heterocycles. The third kappa shape index (κ3) is 4.84. The first-order valence-electron chi connectivity index (χ1n) is 12.4. The van der Waals surface area contributed by atoms with E-state index in [9.17, 15) is 9.59 Å². The Labute approximate surface area is 235 Å². The normalized spacial score (nSPS) is 19.6. The van der Waals surface area contributed by atoms with Crippen LogP contribution in [0.2, 0.25) is 0 Å². The second kappa shape index (κ2) is 10.5. The summed E-state index contributed by atoms with van der Waals surface area (Å²) < 4.78 is -1.08. The number of amides is 2. The van der Waals surface area contributed by atoms with Crippen molar-refractivity contribution in [2.24, 2.45) is 5.10 Å². The van der Waals surface area contributed by atoms with Crippen LogP contribution >= 0.6 is 23.5 Å². The summed E-state index contributed by atoms with van der Waals surface area (Å²) in [5.74, 6) is -0.485. The summed E-state index contributed by atoms with van der Waals surface area (Å²) in [5, 5.41) is 9.80. The van der Waals surface area contributed by atoms with Crippen LogP contribution in [0.3, 0.4) is 0 Å². The number of rotatable bonds is 5. The van der Waals surface area contributed by atoms with Crippen molar-refractivity contribution < 1.29 is 9.59 Å². The van der Waals surface area contributed by atoms with Gasteiger partial charge in [-0.2, -0.15) is 5.10 Å². The number of hydrazone groups is 1. The van der Waals surface area contributed by atoms with E-state index in [4.69, 9.17) is 5.10 Å². The molecule has 0 aromatic heterocycles. The minimum atomic E-state index is -1.08. The van der Waals surface area contributed by atoms with Crippen molar-refractivity contribution >= 4 is 63.5 Å². The number of carbonyl (C=O) groups is 2. The van der Waals surface area contributed by atoms with Crippen molar-refractivity contribution in [3.63, 3.8) is 0 Å². The highest BCUT2D eigenvalue weighted by Gasteiger charge is 2.60. The summed E-state index contributed by atoms with van der Waals surface area (Å²) in [6.07, 6.45) is 1.91. The van der Waals surface area contributed by atoms with Crippen LogP contribution in [-0.2, 0) is 9.59 Å². The average molecular weight is 549 g/mol. The van der Waals surface area contributed by atoms with Crippen LogP contribution in [0.1, 0.15) is 11.1 Å². The number of thioether (sulfide) groups is 2. The van der Waals surface area contributed by atoms with Gasteiger partial charge in [-0.05, 0) is 66.7 Å². The maximum atomic E-state index is 14.1. The van der Waals surface area contributed by atoms with Gasteiger partial charge in [0.05, 0.1) is 10.6 Å². The fraction of sp³-hybridized carbons (Fsp3) is 0.0645. The predicted molar refractivity (Wildman–Crippen MR) is 162 cm³/mol. The molecule has 192 valence electrons. The molecular formula is C31H24N4O2S2. The van der Waals surface area contributed by atoms with Gasteiger partial charge in [-0.3, -0.25) is 14.5 Å². The first-order valence-corrected chi connectivity index (χ1v) is 14.0. The number of carbonyl (C=O) groups excluding carboxylic acids is 2. The summed E-state index contributed by atoms with van der Waals surface area (Å²) >= 11 is 2.66. The monoisotopic (exact) mass is 548 g/mol. The predicted octanol–water partition coefficient (Wildman–Crippen LogP) is 6.93. The highest BCUT2D eigenvalue weighted by atomic mass is 32.2. The second-order valence-corrected chi connectivity index (χ2v) is 11.7. The van der Waals surface area contributed by atoms with E-state index in [1.165, 1.54) is 23.5 Å². The molecule has 1 saturated heterocycles. The van der Waals surface area contributed by atoms with Crippen molar-refractivity contribution in [3.8, 4) is 0 Å². The minimum Gasteiger partial charge on any atom is -0.320 e. The molecule has 0 bridgehead atoms. The van der Waals surface area contributed by atoms with Crippen LogP contribution in [0, 0.1) is 6.92 Å². The molecule has 1 N–H and O–H groups in total. The Balaban J connectivity index is 1.46. The number of hydrogen-bond acceptors (Lipinski definition) is 6. The zero-order valence-corrected chi connectivity index (χ0v) is 22.7. The van der Waals surface area contributed by atoms with Crippen molar-refractivity contribution in [2.45, 2.75) is 11.3 Å². The molecule has 39 heavy (non-hydrogen) atoms. The standard InChI is InChI=1S/C31H24N4O2S2/c1-22-17-19-23(20-18-22)21-27-30(37)34(25-13-7-3-8-14-25)31(38-27)35(26-15-9-4-10-16-26)33-29(39-31)28(36)32-24-11-5-2-6-12-24/h2-21H,1H3,(H,32,36)/b27-21+/t31-/m1/s1. The number of anilines is 3. The van der Waals surface area contributed by atoms with Gasteiger partial charge in [0.2, 0.25) is 4.33 Å². The molecule has 1 spiro atoms. The third-order valence-corrected chi connectivity index (χ3v) is 8.96. The van der Waals surface area contributed by atoms with E-state index < -0.39 is 4.33 Å². The Morgan fingerprint density at radius 2 is 1.38 bits per heavy atom. The van der Waals surface area contributed by atoms with Gasteiger partial charge in [-0.1, -0.05) is 96.2 Å². The molecule has 8 heteroatoms. The van der Waals surface area contributed by atoms with Crippen LogP contribution in [0.4, 0.5) is 17.1 Å². The molecule has 0 saturated carbocycles. The van der Waals surface area contributed by atoms with Gasteiger partial charge < -0.3 is 5.32 Å². The molecule has 0 aliphatic carbocycles. The highest BCUT2D eigenvalue weighted by molar-refractivity contribution is 8.29. The number of hydrogen-bond donors (Lipinski definition) is 1. The summed E-state index contributed by atoms with van der Waals surface area (Å²) in [6, 6.07) is 36.5. The molecule has 2 aliphatic rings. The molecular weight excluding hydrogens is 525 g/mol. The minimum absolute atomic E-state index is 0.153. The quantitative estimate of drug-likeness (QED) is 0.274. The zero-order chi connectivity index (χ0) is 26.8. The fourth-order valence-electron chi connectivity index (χ4n) is 4.37. The lowest BCUT2D eigenvalue weighted by atomic mass is 10.1. The van der Waals surface area contributed by atoms with Crippen LogP contribution in [0.5, 0.6) is 0 Å². The molecule has 4 aromatic rings. The molecule has 1 atom stereocenters. The van der Waals surface area contributed by atoms with Gasteiger partial charge in [0, 0.05) is 11.4 Å². The van der Waals surface area contributed by atoms with Gasteiger partial charge in [0.25, 0.3) is 11.8 Å². The van der Waals surface area contributed by atoms with Crippen molar-refractivity contribution in [1.82, 2.24) is 0 Å². The lowest BCUT2D eigenvalue weighted by Crippen LogP contribution is -2.51. The summed E-state index contributed by atoms with van der Waals surface area (Å²) in [4.78, 5) is 29.9. The Morgan fingerprint density at radius 3 is 2.03 bits per heavy atom. The van der Waals surface area contributed by atoms with Gasteiger partial charge in [-0.25, -0.2) is 5.01 Å². The van der Waals surface area contributed by atoms with E-state index in [1.807, 2.05) is 128 Å². The van der Waals surface area contributed by atoms with E-state index in [1.54, 1.807) is 9.91 Å². The summed E-state index contributed by atoms with van der Waals surface area (Å²) in [5.41, 5.74) is 4.24. The van der Waals surface area contributed by atoms with E-state index in [2.05, 4.69) is 5.32 Å². The van der Waals surface area contributed by atoms with Gasteiger partial charge in [0.15, 0.2) is 5.04 Å². The van der Waals surface area contributed by atoms with Crippen molar-refractivity contribution in [3.05, 3.63) is 131 Å². The van der Waals surface area contributed by atoms with E-state index in [0.29, 0.717) is 10.6 Å². The first-order chi connectivity index (χ1) is 19.0. The Kier molecular flexibility index (Phi) is 6.72. The van der Waals surface area contributed by atoms with Crippen molar-refractivity contribution in [2.75, 3.05) is 15.2 Å². The molecule has 0 radical (unpaired) electrons. The smallest absolute Gasteiger partial charge is 0.282 e. The zero-order valence-electron chi connectivity index (χ0n) is 21.0. The Hall–Kier alpha value is -4.27. The summed E-state index contributed by atoms with van der Waals surface area (Å²) in [7, 11) is 0. The number of benzene rings is 4. The SMILES string of the molecule is Cc1ccc(/C=C2/S[C@@]3(SC(C(=O)Nc4ccccc4)=NN3c3ccccc3)N(c3ccccc3)C2=O)cc1. The lowest BCUT2D eigenvalue weighted by molar-refractivity contribution is -0.114. The van der Waals surface area contributed by atoms with Gasteiger partial charge in [0.1, 0.15) is 0 Å². The summed E-state index contributed by atoms with van der Waals surface area (Å²) in [6.45, 7) is 2.03. The molecule has 2 aliphatic heterocycles. The van der Waals surface area contributed by atoms with E-state index >= 15 is 0 Å². The maximum absolute atomic E-state index is 14.1.